The van der Waals surface area contributed by atoms with Gasteiger partial charge in [-0.2, -0.15) is 0 Å². The van der Waals surface area contributed by atoms with Crippen LogP contribution in [-0.4, -0.2) is 45.8 Å². The molecule has 2 N–H and O–H groups in total. The summed E-state index contributed by atoms with van der Waals surface area (Å²) in [6.45, 7) is 8.64. The largest absolute Gasteiger partial charge is 0.356 e. The molecule has 0 aromatic carbocycles. The summed E-state index contributed by atoms with van der Waals surface area (Å²) in [7, 11) is 1.79. The smallest absolute Gasteiger partial charge is 0.191 e. The molecular weight excluding hydrogens is 437 g/mol. The second kappa shape index (κ2) is 10.6. The highest BCUT2D eigenvalue weighted by Gasteiger charge is 2.05. The van der Waals surface area contributed by atoms with E-state index < -0.39 is 0 Å². The van der Waals surface area contributed by atoms with Gasteiger partial charge >= 0.3 is 0 Å². The summed E-state index contributed by atoms with van der Waals surface area (Å²) in [6, 6.07) is 0. The Kier molecular flexibility index (Phi) is 9.19. The van der Waals surface area contributed by atoms with Crippen LogP contribution in [0.25, 0.3) is 0 Å². The molecule has 2 rings (SSSR count). The van der Waals surface area contributed by atoms with Gasteiger partial charge in [-0.1, -0.05) is 6.92 Å². The summed E-state index contributed by atoms with van der Waals surface area (Å²) in [5.74, 6) is 1.82. The van der Waals surface area contributed by atoms with Crippen LogP contribution in [0.4, 0.5) is 0 Å². The molecule has 0 radical (unpaired) electrons. The summed E-state index contributed by atoms with van der Waals surface area (Å²) in [6.07, 6.45) is 3.62. The minimum Gasteiger partial charge on any atom is -0.356 e. The Labute approximate surface area is 164 Å². The normalized spacial score (nSPS) is 11.2. The molecule has 0 saturated carbocycles. The topological polar surface area (TPSA) is 80.0 Å². The van der Waals surface area contributed by atoms with E-state index in [0.29, 0.717) is 0 Å². The number of nitrogens with one attached hydrogen (secondary N) is 2. The van der Waals surface area contributed by atoms with Crippen molar-refractivity contribution < 1.29 is 0 Å². The van der Waals surface area contributed by atoms with E-state index in [4.69, 9.17) is 0 Å². The molecule has 24 heavy (non-hydrogen) atoms. The average Bonchev–Trinajstić information content (AvgIpc) is 3.11. The first-order valence-corrected chi connectivity index (χ1v) is 8.69. The number of guanidine groups is 1. The third-order valence-electron chi connectivity index (χ3n) is 3.52. The lowest BCUT2D eigenvalue weighted by Gasteiger charge is -2.12. The van der Waals surface area contributed by atoms with E-state index in [-0.39, 0.29) is 24.0 Å². The van der Waals surface area contributed by atoms with Crippen LogP contribution in [0.5, 0.6) is 0 Å². The number of nitrogens with zero attached hydrogens (tertiary/aromatic N) is 5. The molecule has 0 atom stereocenters. The maximum Gasteiger partial charge on any atom is 0.191 e. The number of hydrogen-bond acceptors (Lipinski definition) is 5. The predicted molar refractivity (Wildman–Crippen MR) is 109 cm³/mol. The second-order valence-corrected chi connectivity index (χ2v) is 6.50. The Balaban J connectivity index is 0.00000288. The molecule has 0 amide bonds. The number of rotatable bonds is 7. The van der Waals surface area contributed by atoms with Gasteiger partial charge in [-0.25, -0.2) is 4.98 Å². The molecule has 134 valence electrons. The van der Waals surface area contributed by atoms with Gasteiger partial charge in [0.1, 0.15) is 12.2 Å². The molecule has 0 aliphatic rings. The van der Waals surface area contributed by atoms with Crippen LogP contribution in [0, 0.1) is 13.8 Å². The van der Waals surface area contributed by atoms with Crippen molar-refractivity contribution in [1.82, 2.24) is 30.4 Å². The first-order valence-electron chi connectivity index (χ1n) is 7.88. The van der Waals surface area contributed by atoms with E-state index in [0.717, 1.165) is 55.0 Å². The third-order valence-corrected chi connectivity index (χ3v) is 4.66. The van der Waals surface area contributed by atoms with Gasteiger partial charge in [0, 0.05) is 44.4 Å². The maximum absolute atomic E-state index is 4.45. The zero-order chi connectivity index (χ0) is 16.7. The summed E-state index contributed by atoms with van der Waals surface area (Å²) in [4.78, 5) is 10.0. The Morgan fingerprint density at radius 2 is 2.04 bits per heavy atom. The highest BCUT2D eigenvalue weighted by atomic mass is 127. The van der Waals surface area contributed by atoms with E-state index in [2.05, 4.69) is 49.2 Å². The van der Waals surface area contributed by atoms with E-state index in [1.165, 1.54) is 4.88 Å². The van der Waals surface area contributed by atoms with Gasteiger partial charge in [0.15, 0.2) is 5.96 Å². The summed E-state index contributed by atoms with van der Waals surface area (Å²) in [5, 5.41) is 15.8. The molecule has 0 aliphatic carbocycles. The second-order valence-electron chi connectivity index (χ2n) is 5.21. The molecule has 9 heteroatoms. The first kappa shape index (κ1) is 20.8. The number of hydrogen-bond donors (Lipinski definition) is 2. The number of aromatic nitrogens is 4. The van der Waals surface area contributed by atoms with Crippen LogP contribution < -0.4 is 10.6 Å². The van der Waals surface area contributed by atoms with Crippen molar-refractivity contribution >= 4 is 41.3 Å². The molecule has 2 aromatic rings. The van der Waals surface area contributed by atoms with Crippen molar-refractivity contribution in [3.05, 3.63) is 27.7 Å². The lowest BCUT2D eigenvalue weighted by molar-refractivity contribution is 0.632. The van der Waals surface area contributed by atoms with Gasteiger partial charge in [0.25, 0.3) is 0 Å². The van der Waals surface area contributed by atoms with Crippen LogP contribution in [-0.2, 0) is 19.4 Å². The van der Waals surface area contributed by atoms with Gasteiger partial charge in [-0.05, 0) is 13.8 Å². The van der Waals surface area contributed by atoms with Crippen molar-refractivity contribution in [2.24, 2.45) is 4.99 Å². The molecule has 0 saturated heterocycles. The van der Waals surface area contributed by atoms with Crippen LogP contribution in [0.1, 0.15) is 28.3 Å². The lowest BCUT2D eigenvalue weighted by atomic mass is 10.3. The lowest BCUT2D eigenvalue weighted by Crippen LogP contribution is -2.39. The first-order chi connectivity index (χ1) is 11.1. The quantitative estimate of drug-likeness (QED) is 0.373. The van der Waals surface area contributed by atoms with Gasteiger partial charge < -0.3 is 15.2 Å². The van der Waals surface area contributed by atoms with Crippen LogP contribution >= 0.6 is 35.3 Å². The zero-order valence-electron chi connectivity index (χ0n) is 14.7. The van der Waals surface area contributed by atoms with Crippen molar-refractivity contribution in [2.45, 2.75) is 40.2 Å². The Morgan fingerprint density at radius 1 is 1.29 bits per heavy atom. The molecule has 0 aliphatic heterocycles. The fourth-order valence-corrected chi connectivity index (χ4v) is 3.29. The summed E-state index contributed by atoms with van der Waals surface area (Å²) in [5.41, 5.74) is 1.14. The van der Waals surface area contributed by atoms with E-state index in [1.54, 1.807) is 24.7 Å². The Morgan fingerprint density at radius 3 is 2.67 bits per heavy atom. The van der Waals surface area contributed by atoms with E-state index >= 15 is 0 Å². The van der Waals surface area contributed by atoms with Gasteiger partial charge in [-0.15, -0.1) is 45.5 Å². The third kappa shape index (κ3) is 6.00. The fourth-order valence-electron chi connectivity index (χ4n) is 2.35. The molecule has 2 aromatic heterocycles. The van der Waals surface area contributed by atoms with Crippen molar-refractivity contribution in [1.29, 1.82) is 0 Å². The SMILES string of the molecule is CCc1nncn1CCNC(=NC)NCCc1sc(C)nc1C.I. The van der Waals surface area contributed by atoms with E-state index in [1.807, 2.05) is 6.92 Å². The zero-order valence-corrected chi connectivity index (χ0v) is 17.8. The number of thiazole rings is 1. The molecule has 0 bridgehead atoms. The van der Waals surface area contributed by atoms with Crippen LogP contribution in [0.15, 0.2) is 11.3 Å². The Bertz CT molecular complexity index is 650. The number of aliphatic imine (C=N–C) groups is 1. The molecule has 2 heterocycles. The summed E-state index contributed by atoms with van der Waals surface area (Å²) < 4.78 is 2.06. The van der Waals surface area contributed by atoms with Gasteiger partial charge in [0.2, 0.25) is 0 Å². The Hall–Kier alpha value is -1.23. The molecule has 0 spiro atoms. The fraction of sp³-hybridized carbons (Fsp3) is 0.600. The molecule has 0 unspecified atom stereocenters. The number of aryl methyl sites for hydroxylation is 3. The van der Waals surface area contributed by atoms with Gasteiger partial charge in [0.05, 0.1) is 10.7 Å². The average molecular weight is 463 g/mol. The van der Waals surface area contributed by atoms with Crippen LogP contribution in [0.2, 0.25) is 0 Å². The van der Waals surface area contributed by atoms with Crippen LogP contribution in [0.3, 0.4) is 0 Å². The summed E-state index contributed by atoms with van der Waals surface area (Å²) >= 11 is 1.77. The highest BCUT2D eigenvalue weighted by Crippen LogP contribution is 2.16. The van der Waals surface area contributed by atoms with Crippen molar-refractivity contribution in [3.8, 4) is 0 Å². The highest BCUT2D eigenvalue weighted by molar-refractivity contribution is 14.0. The molecule has 0 fully saturated rings. The van der Waals surface area contributed by atoms with Gasteiger partial charge in [-0.3, -0.25) is 4.99 Å². The van der Waals surface area contributed by atoms with Crippen molar-refractivity contribution in [3.63, 3.8) is 0 Å². The van der Waals surface area contributed by atoms with E-state index in [9.17, 15) is 0 Å². The molecule has 7 nitrogen and oxygen atoms in total. The maximum atomic E-state index is 4.45. The van der Waals surface area contributed by atoms with Crippen molar-refractivity contribution in [2.75, 3.05) is 20.1 Å². The number of halogens is 1. The minimum atomic E-state index is 0. The monoisotopic (exact) mass is 463 g/mol. The predicted octanol–water partition coefficient (Wildman–Crippen LogP) is 1.94. The molecular formula is C15H26IN7S. The standard InChI is InChI=1S/C15H25N7S.HI/c1-5-14-21-19-10-22(14)9-8-18-15(16-4)17-7-6-13-11(2)20-12(3)23-13;/h10H,5-9H2,1-4H3,(H2,16,17,18);1H. The minimum absolute atomic E-state index is 0.